The van der Waals surface area contributed by atoms with Crippen LogP contribution in [0, 0.1) is 0 Å². The predicted molar refractivity (Wildman–Crippen MR) is 84.8 cm³/mol. The number of hydrogen-bond donors (Lipinski definition) is 0. The fraction of sp³-hybridized carbons (Fsp3) is 0.533. The Kier molecular flexibility index (Phi) is 5.97. The third-order valence-electron chi connectivity index (χ3n) is 3.70. The SMILES string of the molecule is COCCOc1ccc(S(=O)(=O)N2CCN(C(C)=O)CC2)cc1. The van der Waals surface area contributed by atoms with Gasteiger partial charge in [0.1, 0.15) is 12.4 Å². The van der Waals surface area contributed by atoms with E-state index >= 15 is 0 Å². The monoisotopic (exact) mass is 342 g/mol. The van der Waals surface area contributed by atoms with Gasteiger partial charge in [0.15, 0.2) is 0 Å². The van der Waals surface area contributed by atoms with Gasteiger partial charge in [-0.2, -0.15) is 4.31 Å². The van der Waals surface area contributed by atoms with Gasteiger partial charge < -0.3 is 14.4 Å². The number of rotatable bonds is 6. The van der Waals surface area contributed by atoms with Crippen LogP contribution in [0.4, 0.5) is 0 Å². The van der Waals surface area contributed by atoms with Crippen LogP contribution in [0.2, 0.25) is 0 Å². The molecule has 2 rings (SSSR count). The Bertz CT molecular complexity index is 622. The molecule has 1 aliphatic heterocycles. The van der Waals surface area contributed by atoms with E-state index in [1.165, 1.54) is 23.4 Å². The summed E-state index contributed by atoms with van der Waals surface area (Å²) in [4.78, 5) is 13.2. The first kappa shape index (κ1) is 17.7. The van der Waals surface area contributed by atoms with E-state index in [2.05, 4.69) is 0 Å². The number of amides is 1. The van der Waals surface area contributed by atoms with Gasteiger partial charge in [-0.1, -0.05) is 0 Å². The number of nitrogens with zero attached hydrogens (tertiary/aromatic N) is 2. The Morgan fingerprint density at radius 2 is 1.70 bits per heavy atom. The zero-order valence-electron chi connectivity index (χ0n) is 13.4. The largest absolute Gasteiger partial charge is 0.491 e. The van der Waals surface area contributed by atoms with Crippen LogP contribution in [0.3, 0.4) is 0 Å². The van der Waals surface area contributed by atoms with Gasteiger partial charge >= 0.3 is 0 Å². The molecule has 1 aromatic carbocycles. The van der Waals surface area contributed by atoms with Crippen LogP contribution >= 0.6 is 0 Å². The van der Waals surface area contributed by atoms with Crippen LogP contribution in [-0.2, 0) is 19.6 Å². The first-order valence-corrected chi connectivity index (χ1v) is 8.86. The van der Waals surface area contributed by atoms with E-state index in [0.717, 1.165) is 0 Å². The minimum atomic E-state index is -3.54. The lowest BCUT2D eigenvalue weighted by molar-refractivity contribution is -0.129. The van der Waals surface area contributed by atoms with Crippen LogP contribution in [0.15, 0.2) is 29.2 Å². The molecule has 8 heteroatoms. The molecule has 0 atom stereocenters. The molecule has 0 radical (unpaired) electrons. The second-order valence-electron chi connectivity index (χ2n) is 5.22. The molecule has 1 aromatic rings. The van der Waals surface area contributed by atoms with E-state index < -0.39 is 10.0 Å². The average molecular weight is 342 g/mol. The number of carbonyl (C=O) groups is 1. The molecule has 1 amide bonds. The average Bonchev–Trinajstić information content (AvgIpc) is 2.55. The summed E-state index contributed by atoms with van der Waals surface area (Å²) in [5.41, 5.74) is 0. The highest BCUT2D eigenvalue weighted by molar-refractivity contribution is 7.89. The molecular weight excluding hydrogens is 320 g/mol. The summed E-state index contributed by atoms with van der Waals surface area (Å²) in [6.45, 7) is 3.85. The maximum atomic E-state index is 12.6. The topological polar surface area (TPSA) is 76.2 Å². The van der Waals surface area contributed by atoms with Crippen molar-refractivity contribution in [3.05, 3.63) is 24.3 Å². The first-order valence-electron chi connectivity index (χ1n) is 7.42. The molecule has 7 nitrogen and oxygen atoms in total. The fourth-order valence-corrected chi connectivity index (χ4v) is 3.77. The van der Waals surface area contributed by atoms with Crippen LogP contribution in [0.25, 0.3) is 0 Å². The molecule has 1 heterocycles. The molecule has 0 aliphatic carbocycles. The highest BCUT2D eigenvalue weighted by Crippen LogP contribution is 2.20. The van der Waals surface area contributed by atoms with Crippen molar-refractivity contribution >= 4 is 15.9 Å². The standard InChI is InChI=1S/C15H22N2O5S/c1-13(18)16-7-9-17(10-8-16)23(19,20)15-5-3-14(4-6-15)22-12-11-21-2/h3-6H,7-12H2,1-2H3. The Labute approximate surface area is 136 Å². The Balaban J connectivity index is 2.01. The molecular formula is C15H22N2O5S. The quantitative estimate of drug-likeness (QED) is 0.706. The van der Waals surface area contributed by atoms with E-state index in [9.17, 15) is 13.2 Å². The van der Waals surface area contributed by atoms with Crippen molar-refractivity contribution in [3.63, 3.8) is 0 Å². The lowest BCUT2D eigenvalue weighted by Gasteiger charge is -2.33. The van der Waals surface area contributed by atoms with Gasteiger partial charge in [0.25, 0.3) is 0 Å². The highest BCUT2D eigenvalue weighted by atomic mass is 32.2. The van der Waals surface area contributed by atoms with Crippen molar-refractivity contribution in [3.8, 4) is 5.75 Å². The van der Waals surface area contributed by atoms with Crippen molar-refractivity contribution in [1.82, 2.24) is 9.21 Å². The predicted octanol–water partition coefficient (Wildman–Crippen LogP) is 0.565. The number of ether oxygens (including phenoxy) is 2. The maximum Gasteiger partial charge on any atom is 0.243 e. The molecule has 0 aromatic heterocycles. The molecule has 0 unspecified atom stereocenters. The van der Waals surface area contributed by atoms with Crippen molar-refractivity contribution in [2.45, 2.75) is 11.8 Å². The number of sulfonamides is 1. The number of methoxy groups -OCH3 is 1. The number of piperazine rings is 1. The molecule has 1 fully saturated rings. The third kappa shape index (κ3) is 4.43. The summed E-state index contributed by atoms with van der Waals surface area (Å²) < 4.78 is 36.9. The first-order chi connectivity index (χ1) is 10.9. The molecule has 1 saturated heterocycles. The summed E-state index contributed by atoms with van der Waals surface area (Å²) in [5.74, 6) is 0.571. The summed E-state index contributed by atoms with van der Waals surface area (Å²) in [6, 6.07) is 6.34. The third-order valence-corrected chi connectivity index (χ3v) is 5.61. The minimum absolute atomic E-state index is 0.0281. The van der Waals surface area contributed by atoms with E-state index in [-0.39, 0.29) is 10.8 Å². The number of carbonyl (C=O) groups excluding carboxylic acids is 1. The molecule has 1 aliphatic rings. The molecule has 0 bridgehead atoms. The van der Waals surface area contributed by atoms with Crippen LogP contribution in [-0.4, -0.2) is 70.0 Å². The smallest absolute Gasteiger partial charge is 0.243 e. The van der Waals surface area contributed by atoms with Crippen LogP contribution in [0.1, 0.15) is 6.92 Å². The molecule has 0 N–H and O–H groups in total. The van der Waals surface area contributed by atoms with Gasteiger partial charge in [-0.05, 0) is 24.3 Å². The second kappa shape index (κ2) is 7.76. The lowest BCUT2D eigenvalue weighted by atomic mass is 10.3. The summed E-state index contributed by atoms with van der Waals surface area (Å²) >= 11 is 0. The number of benzene rings is 1. The van der Waals surface area contributed by atoms with Gasteiger partial charge in [0.05, 0.1) is 11.5 Å². The van der Waals surface area contributed by atoms with Gasteiger partial charge in [-0.3, -0.25) is 4.79 Å². The van der Waals surface area contributed by atoms with Gasteiger partial charge in [-0.25, -0.2) is 8.42 Å². The number of hydrogen-bond acceptors (Lipinski definition) is 5. The molecule has 0 spiro atoms. The normalized spacial score (nSPS) is 16.3. The summed E-state index contributed by atoms with van der Waals surface area (Å²) in [5, 5.41) is 0. The fourth-order valence-electron chi connectivity index (χ4n) is 2.34. The minimum Gasteiger partial charge on any atom is -0.491 e. The van der Waals surface area contributed by atoms with Gasteiger partial charge in [0.2, 0.25) is 15.9 Å². The second-order valence-corrected chi connectivity index (χ2v) is 7.16. The van der Waals surface area contributed by atoms with Gasteiger partial charge in [-0.15, -0.1) is 0 Å². The van der Waals surface area contributed by atoms with Crippen LogP contribution in [0.5, 0.6) is 5.75 Å². The van der Waals surface area contributed by atoms with Crippen molar-refractivity contribution < 1.29 is 22.7 Å². The summed E-state index contributed by atoms with van der Waals surface area (Å²) in [7, 11) is -1.95. The Morgan fingerprint density at radius 1 is 1.09 bits per heavy atom. The van der Waals surface area contributed by atoms with Crippen molar-refractivity contribution in [1.29, 1.82) is 0 Å². The summed E-state index contributed by atoms with van der Waals surface area (Å²) in [6.07, 6.45) is 0. The lowest BCUT2D eigenvalue weighted by Crippen LogP contribution is -2.49. The van der Waals surface area contributed by atoms with Gasteiger partial charge in [0, 0.05) is 40.2 Å². The van der Waals surface area contributed by atoms with E-state index in [1.807, 2.05) is 0 Å². The Hall–Kier alpha value is -1.64. The van der Waals surface area contributed by atoms with E-state index in [1.54, 1.807) is 24.1 Å². The molecule has 23 heavy (non-hydrogen) atoms. The van der Waals surface area contributed by atoms with Crippen molar-refractivity contribution in [2.75, 3.05) is 46.5 Å². The van der Waals surface area contributed by atoms with Crippen LogP contribution < -0.4 is 4.74 Å². The zero-order valence-corrected chi connectivity index (χ0v) is 14.2. The van der Waals surface area contributed by atoms with E-state index in [0.29, 0.717) is 45.1 Å². The van der Waals surface area contributed by atoms with Crippen molar-refractivity contribution in [2.24, 2.45) is 0 Å². The van der Waals surface area contributed by atoms with E-state index in [4.69, 9.17) is 9.47 Å². The molecule has 0 saturated carbocycles. The molecule has 128 valence electrons. The zero-order chi connectivity index (χ0) is 16.9. The highest BCUT2D eigenvalue weighted by Gasteiger charge is 2.29. The Morgan fingerprint density at radius 3 is 2.22 bits per heavy atom. The maximum absolute atomic E-state index is 12.6.